The van der Waals surface area contributed by atoms with Crippen LogP contribution in [0.15, 0.2) is 41.6 Å². The van der Waals surface area contributed by atoms with E-state index in [1.807, 2.05) is 31.2 Å². The number of aryl methyl sites for hydroxylation is 3. The lowest BCUT2D eigenvalue weighted by Crippen LogP contribution is -2.22. The average Bonchev–Trinajstić information content (AvgIpc) is 3.36. The van der Waals surface area contributed by atoms with Gasteiger partial charge in [-0.25, -0.2) is 4.98 Å². The van der Waals surface area contributed by atoms with E-state index in [-0.39, 0.29) is 11.2 Å². The van der Waals surface area contributed by atoms with E-state index in [0.29, 0.717) is 10.3 Å². The largest absolute Gasteiger partial charge is 0.497 e. The Bertz CT molecular complexity index is 1540. The van der Waals surface area contributed by atoms with E-state index in [2.05, 4.69) is 57.8 Å². The normalized spacial score (nSPS) is 12.5. The molecule has 2 aromatic carbocycles. The van der Waals surface area contributed by atoms with E-state index in [0.717, 1.165) is 38.3 Å². The van der Waals surface area contributed by atoms with Gasteiger partial charge >= 0.3 is 0 Å². The molecule has 1 amide bonds. The molecule has 0 spiro atoms. The van der Waals surface area contributed by atoms with Gasteiger partial charge < -0.3 is 10.1 Å². The number of rotatable bonds is 5. The Hall–Kier alpha value is -3.17. The minimum atomic E-state index is -0.388. The van der Waals surface area contributed by atoms with E-state index in [4.69, 9.17) is 4.74 Å². The predicted molar refractivity (Wildman–Crippen MR) is 135 cm³/mol. The number of nitrogens with one attached hydrogen (secondary N) is 1. The molecule has 1 unspecified atom stereocenters. The zero-order valence-electron chi connectivity index (χ0n) is 19.0. The zero-order valence-corrected chi connectivity index (χ0v) is 20.6. The molecular weight excluding hydrogens is 454 g/mol. The van der Waals surface area contributed by atoms with Gasteiger partial charge in [-0.2, -0.15) is 0 Å². The van der Waals surface area contributed by atoms with Crippen LogP contribution in [-0.2, 0) is 4.79 Å². The molecule has 5 rings (SSSR count). The molecule has 0 fully saturated rings. The number of benzene rings is 2. The van der Waals surface area contributed by atoms with E-state index >= 15 is 0 Å². The van der Waals surface area contributed by atoms with Crippen LogP contribution < -0.4 is 10.1 Å². The third-order valence-corrected chi connectivity index (χ3v) is 7.55. The maximum Gasteiger partial charge on any atom is 0.239 e. The smallest absolute Gasteiger partial charge is 0.239 e. The van der Waals surface area contributed by atoms with Crippen LogP contribution in [0.3, 0.4) is 0 Å². The van der Waals surface area contributed by atoms with E-state index in [1.54, 1.807) is 7.11 Å². The number of carbonyl (C=O) groups is 1. The Morgan fingerprint density at radius 1 is 1.12 bits per heavy atom. The van der Waals surface area contributed by atoms with Crippen molar-refractivity contribution in [3.05, 3.63) is 53.1 Å². The van der Waals surface area contributed by atoms with Crippen LogP contribution in [0.1, 0.15) is 23.6 Å². The molecule has 7 nitrogen and oxygen atoms in total. The molecule has 0 saturated heterocycles. The molecule has 1 atom stereocenters. The van der Waals surface area contributed by atoms with Gasteiger partial charge in [0, 0.05) is 5.39 Å². The molecule has 9 heteroatoms. The SMILES string of the molecule is COc1ccc2nc(NC(=O)C(C)Sc3nnc4cc(C)c5cc(C)cc(C)c5n34)sc2c1. The third kappa shape index (κ3) is 3.91. The number of aromatic nitrogens is 4. The van der Waals surface area contributed by atoms with Crippen LogP contribution in [0.5, 0.6) is 5.75 Å². The number of anilines is 1. The number of hydrogen-bond donors (Lipinski definition) is 1. The Morgan fingerprint density at radius 3 is 2.73 bits per heavy atom. The molecule has 0 bridgehead atoms. The fourth-order valence-electron chi connectivity index (χ4n) is 3.99. The fraction of sp³-hybridized carbons (Fsp3) is 0.250. The first-order valence-electron chi connectivity index (χ1n) is 10.5. The molecule has 0 aliphatic carbocycles. The van der Waals surface area contributed by atoms with Crippen LogP contribution >= 0.6 is 23.1 Å². The predicted octanol–water partition coefficient (Wildman–Crippen LogP) is 5.55. The van der Waals surface area contributed by atoms with Gasteiger partial charge in [-0.05, 0) is 69.2 Å². The molecule has 0 aliphatic rings. The summed E-state index contributed by atoms with van der Waals surface area (Å²) in [5.41, 5.74) is 6.21. The molecule has 0 aliphatic heterocycles. The highest BCUT2D eigenvalue weighted by atomic mass is 32.2. The summed E-state index contributed by atoms with van der Waals surface area (Å²) in [6, 6.07) is 12.0. The summed E-state index contributed by atoms with van der Waals surface area (Å²) < 4.78 is 8.28. The average molecular weight is 478 g/mol. The summed E-state index contributed by atoms with van der Waals surface area (Å²) in [5.74, 6) is 0.631. The number of ether oxygens (including phenoxy) is 1. The van der Waals surface area contributed by atoms with Crippen molar-refractivity contribution in [1.29, 1.82) is 0 Å². The number of thioether (sulfide) groups is 1. The van der Waals surface area contributed by atoms with Gasteiger partial charge in [-0.15, -0.1) is 10.2 Å². The summed E-state index contributed by atoms with van der Waals surface area (Å²) >= 11 is 2.81. The molecule has 0 saturated carbocycles. The molecule has 1 N–H and O–H groups in total. The van der Waals surface area contributed by atoms with Crippen molar-refractivity contribution in [1.82, 2.24) is 19.6 Å². The molecular formula is C24H23N5O2S2. The Kier molecular flexibility index (Phi) is 5.46. The highest BCUT2D eigenvalue weighted by molar-refractivity contribution is 8.00. The van der Waals surface area contributed by atoms with Crippen molar-refractivity contribution in [2.24, 2.45) is 0 Å². The molecule has 3 heterocycles. The highest BCUT2D eigenvalue weighted by Crippen LogP contribution is 2.32. The number of hydrogen-bond acceptors (Lipinski definition) is 7. The Labute approximate surface area is 199 Å². The van der Waals surface area contributed by atoms with E-state index < -0.39 is 0 Å². The number of carbonyl (C=O) groups excluding carboxylic acids is 1. The van der Waals surface area contributed by atoms with Crippen LogP contribution in [0.2, 0.25) is 0 Å². The lowest BCUT2D eigenvalue weighted by Gasteiger charge is -2.13. The summed E-state index contributed by atoms with van der Waals surface area (Å²) in [4.78, 5) is 17.5. The minimum absolute atomic E-state index is 0.133. The van der Waals surface area contributed by atoms with Gasteiger partial charge in [0.15, 0.2) is 15.9 Å². The van der Waals surface area contributed by atoms with Crippen molar-refractivity contribution >= 4 is 60.9 Å². The van der Waals surface area contributed by atoms with Crippen molar-refractivity contribution < 1.29 is 9.53 Å². The summed E-state index contributed by atoms with van der Waals surface area (Å²) in [7, 11) is 1.63. The number of nitrogens with zero attached hydrogens (tertiary/aromatic N) is 4. The minimum Gasteiger partial charge on any atom is -0.497 e. The Morgan fingerprint density at radius 2 is 1.94 bits per heavy atom. The summed E-state index contributed by atoms with van der Waals surface area (Å²) in [6.07, 6.45) is 0. The van der Waals surface area contributed by atoms with Crippen LogP contribution in [0.25, 0.3) is 26.8 Å². The second-order valence-corrected chi connectivity index (χ2v) is 10.4. The lowest BCUT2D eigenvalue weighted by atomic mass is 10.0. The number of fused-ring (bicyclic) bond motifs is 4. The zero-order chi connectivity index (χ0) is 23.3. The summed E-state index contributed by atoms with van der Waals surface area (Å²) in [6.45, 7) is 8.15. The van der Waals surface area contributed by atoms with Gasteiger partial charge in [0.05, 0.1) is 28.1 Å². The molecule has 5 aromatic rings. The van der Waals surface area contributed by atoms with Crippen molar-refractivity contribution in [3.8, 4) is 5.75 Å². The van der Waals surface area contributed by atoms with E-state index in [1.165, 1.54) is 34.0 Å². The van der Waals surface area contributed by atoms with Gasteiger partial charge in [0.1, 0.15) is 5.75 Å². The van der Waals surface area contributed by atoms with Gasteiger partial charge in [-0.1, -0.05) is 34.7 Å². The molecule has 0 radical (unpaired) electrons. The first-order valence-corrected chi connectivity index (χ1v) is 12.2. The van der Waals surface area contributed by atoms with Crippen LogP contribution in [-0.4, -0.2) is 37.8 Å². The monoisotopic (exact) mass is 477 g/mol. The number of pyridine rings is 1. The maximum atomic E-state index is 13.0. The van der Waals surface area contributed by atoms with Crippen molar-refractivity contribution in [2.75, 3.05) is 12.4 Å². The first-order chi connectivity index (χ1) is 15.8. The second-order valence-electron chi connectivity index (χ2n) is 8.08. The Balaban J connectivity index is 1.43. The molecule has 3 aromatic heterocycles. The van der Waals surface area contributed by atoms with E-state index in [9.17, 15) is 4.79 Å². The van der Waals surface area contributed by atoms with Gasteiger partial charge in [0.2, 0.25) is 5.91 Å². The fourth-order valence-corrected chi connectivity index (χ4v) is 5.75. The van der Waals surface area contributed by atoms with Gasteiger partial charge in [-0.3, -0.25) is 9.20 Å². The van der Waals surface area contributed by atoms with Gasteiger partial charge in [0.25, 0.3) is 0 Å². The number of methoxy groups -OCH3 is 1. The number of amides is 1. The maximum absolute atomic E-state index is 13.0. The highest BCUT2D eigenvalue weighted by Gasteiger charge is 2.21. The number of thiazole rings is 1. The quantitative estimate of drug-likeness (QED) is 0.335. The van der Waals surface area contributed by atoms with Crippen LogP contribution in [0.4, 0.5) is 5.13 Å². The van der Waals surface area contributed by atoms with Crippen molar-refractivity contribution in [2.45, 2.75) is 38.1 Å². The van der Waals surface area contributed by atoms with Crippen LogP contribution in [0, 0.1) is 20.8 Å². The first kappa shape index (κ1) is 21.7. The second kappa shape index (κ2) is 8.31. The molecule has 168 valence electrons. The third-order valence-electron chi connectivity index (χ3n) is 5.57. The standard InChI is InChI=1S/C24H23N5O2S2/c1-12-8-14(3)21-17(9-12)13(2)10-20-27-28-24(29(20)21)32-15(4)22(30)26-23-25-18-7-6-16(31-5)11-19(18)33-23/h6-11,15H,1-5H3,(H,25,26,30). The molecule has 33 heavy (non-hydrogen) atoms. The van der Waals surface area contributed by atoms with Crippen molar-refractivity contribution in [3.63, 3.8) is 0 Å². The summed E-state index contributed by atoms with van der Waals surface area (Å²) in [5, 5.41) is 13.8. The topological polar surface area (TPSA) is 81.4 Å². The lowest BCUT2D eigenvalue weighted by molar-refractivity contribution is -0.115.